The third-order valence-corrected chi connectivity index (χ3v) is 2.87. The van der Waals surface area contributed by atoms with Gasteiger partial charge in [0.15, 0.2) is 0 Å². The van der Waals surface area contributed by atoms with E-state index in [9.17, 15) is 9.59 Å². The number of benzene rings is 1. The van der Waals surface area contributed by atoms with E-state index in [1.54, 1.807) is 29.7 Å². The summed E-state index contributed by atoms with van der Waals surface area (Å²) in [5, 5.41) is 8.60. The number of nitrogens with zero attached hydrogens (tertiary/aromatic N) is 1. The zero-order valence-corrected chi connectivity index (χ0v) is 11.8. The highest BCUT2D eigenvalue weighted by Crippen LogP contribution is 2.19. The van der Waals surface area contributed by atoms with Crippen LogP contribution in [0.4, 0.5) is 0 Å². The fraction of sp³-hybridized carbons (Fsp3) is 0.429. The molecule has 0 heterocycles. The Kier molecular flexibility index (Phi) is 6.52. The predicted octanol–water partition coefficient (Wildman–Crippen LogP) is 1.44. The molecule has 6 heteroatoms. The lowest BCUT2D eigenvalue weighted by atomic mass is 10.1. The summed E-state index contributed by atoms with van der Waals surface area (Å²) < 4.78 is 5.15. The fourth-order valence-corrected chi connectivity index (χ4v) is 1.80. The third kappa shape index (κ3) is 4.24. The second kappa shape index (κ2) is 8.16. The lowest BCUT2D eigenvalue weighted by Crippen LogP contribution is -2.40. The van der Waals surface area contributed by atoms with Crippen molar-refractivity contribution in [1.82, 2.24) is 10.4 Å². The van der Waals surface area contributed by atoms with E-state index in [2.05, 4.69) is 0 Å². The van der Waals surface area contributed by atoms with Gasteiger partial charge in [0.05, 0.1) is 12.7 Å². The normalized spacial score (nSPS) is 9.95. The van der Waals surface area contributed by atoms with Gasteiger partial charge in [-0.15, -0.1) is 0 Å². The molecule has 0 spiro atoms. The van der Waals surface area contributed by atoms with E-state index in [4.69, 9.17) is 9.94 Å². The second-order valence-electron chi connectivity index (χ2n) is 4.32. The molecule has 0 saturated heterocycles. The van der Waals surface area contributed by atoms with Crippen molar-refractivity contribution in [1.29, 1.82) is 0 Å². The highest BCUT2D eigenvalue weighted by molar-refractivity contribution is 5.98. The Bertz CT molecular complexity index is 462. The van der Waals surface area contributed by atoms with Crippen LogP contribution in [-0.4, -0.2) is 42.1 Å². The maximum absolute atomic E-state index is 12.5. The van der Waals surface area contributed by atoms with E-state index in [-0.39, 0.29) is 12.5 Å². The Hall–Kier alpha value is -2.08. The molecule has 0 aliphatic heterocycles. The van der Waals surface area contributed by atoms with Crippen molar-refractivity contribution in [3.63, 3.8) is 0 Å². The SMILES string of the molecule is CCCCN(CC(=O)NO)C(=O)c1ccccc1OC. The van der Waals surface area contributed by atoms with Gasteiger partial charge in [-0.1, -0.05) is 25.5 Å². The lowest BCUT2D eigenvalue weighted by Gasteiger charge is -2.22. The molecule has 110 valence electrons. The maximum atomic E-state index is 12.5. The van der Waals surface area contributed by atoms with Crippen molar-refractivity contribution in [2.75, 3.05) is 20.2 Å². The average molecular weight is 280 g/mol. The molecular weight excluding hydrogens is 260 g/mol. The zero-order chi connectivity index (χ0) is 15.0. The first-order chi connectivity index (χ1) is 9.63. The molecule has 2 N–H and O–H groups in total. The standard InChI is InChI=1S/C14H20N2O4/c1-3-4-9-16(10-13(17)15-19)14(18)11-7-5-6-8-12(11)20-2/h5-8,19H,3-4,9-10H2,1-2H3,(H,15,17). The van der Waals surface area contributed by atoms with Gasteiger partial charge in [-0.25, -0.2) is 5.48 Å². The van der Waals surface area contributed by atoms with Crippen molar-refractivity contribution in [2.45, 2.75) is 19.8 Å². The molecule has 0 atom stereocenters. The van der Waals surface area contributed by atoms with Gasteiger partial charge in [-0.2, -0.15) is 0 Å². The van der Waals surface area contributed by atoms with Gasteiger partial charge in [0.1, 0.15) is 12.3 Å². The van der Waals surface area contributed by atoms with E-state index >= 15 is 0 Å². The number of rotatable bonds is 7. The molecule has 20 heavy (non-hydrogen) atoms. The minimum Gasteiger partial charge on any atom is -0.496 e. The van der Waals surface area contributed by atoms with Crippen molar-refractivity contribution in [2.24, 2.45) is 0 Å². The van der Waals surface area contributed by atoms with Crippen LogP contribution < -0.4 is 10.2 Å². The Morgan fingerprint density at radius 1 is 1.35 bits per heavy atom. The van der Waals surface area contributed by atoms with Gasteiger partial charge >= 0.3 is 0 Å². The Labute approximate surface area is 118 Å². The summed E-state index contributed by atoms with van der Waals surface area (Å²) in [7, 11) is 1.49. The van der Waals surface area contributed by atoms with Crippen LogP contribution in [0.15, 0.2) is 24.3 Å². The van der Waals surface area contributed by atoms with Crippen molar-refractivity contribution < 1.29 is 19.5 Å². The van der Waals surface area contributed by atoms with Gasteiger partial charge in [-0.3, -0.25) is 14.8 Å². The smallest absolute Gasteiger partial charge is 0.262 e. The Balaban J connectivity index is 2.93. The van der Waals surface area contributed by atoms with E-state index in [0.29, 0.717) is 17.9 Å². The average Bonchev–Trinajstić information content (AvgIpc) is 2.50. The van der Waals surface area contributed by atoms with Crippen LogP contribution in [-0.2, 0) is 4.79 Å². The number of ether oxygens (including phenoxy) is 1. The summed E-state index contributed by atoms with van der Waals surface area (Å²) in [6.07, 6.45) is 1.68. The van der Waals surface area contributed by atoms with Crippen molar-refractivity contribution in [3.05, 3.63) is 29.8 Å². The van der Waals surface area contributed by atoms with Crippen LogP contribution >= 0.6 is 0 Å². The van der Waals surface area contributed by atoms with Crippen LogP contribution in [0.2, 0.25) is 0 Å². The molecular formula is C14H20N2O4. The van der Waals surface area contributed by atoms with E-state index in [0.717, 1.165) is 12.8 Å². The largest absolute Gasteiger partial charge is 0.496 e. The molecule has 0 aromatic heterocycles. The summed E-state index contributed by atoms with van der Waals surface area (Å²) in [6, 6.07) is 6.85. The lowest BCUT2D eigenvalue weighted by molar-refractivity contribution is -0.129. The van der Waals surface area contributed by atoms with Crippen molar-refractivity contribution in [3.8, 4) is 5.75 Å². The molecule has 0 unspecified atom stereocenters. The molecule has 1 aromatic carbocycles. The highest BCUT2D eigenvalue weighted by Gasteiger charge is 2.21. The number of hydrogen-bond donors (Lipinski definition) is 2. The molecule has 0 bridgehead atoms. The van der Waals surface area contributed by atoms with E-state index in [1.807, 2.05) is 6.92 Å². The quantitative estimate of drug-likeness (QED) is 0.585. The fourth-order valence-electron chi connectivity index (χ4n) is 1.80. The molecule has 6 nitrogen and oxygen atoms in total. The van der Waals surface area contributed by atoms with Crippen LogP contribution in [0.1, 0.15) is 30.1 Å². The van der Waals surface area contributed by atoms with Gasteiger partial charge in [0.25, 0.3) is 11.8 Å². The molecule has 0 aliphatic carbocycles. The number of para-hydroxylation sites is 1. The zero-order valence-electron chi connectivity index (χ0n) is 11.8. The van der Waals surface area contributed by atoms with Gasteiger partial charge in [0.2, 0.25) is 0 Å². The second-order valence-corrected chi connectivity index (χ2v) is 4.32. The van der Waals surface area contributed by atoms with Crippen LogP contribution in [0.5, 0.6) is 5.75 Å². The molecule has 1 rings (SSSR count). The summed E-state index contributed by atoms with van der Waals surface area (Å²) in [5.74, 6) is -0.452. The number of carbonyl (C=O) groups excluding carboxylic acids is 2. The molecule has 0 saturated carbocycles. The van der Waals surface area contributed by atoms with Gasteiger partial charge in [-0.05, 0) is 18.6 Å². The first-order valence-electron chi connectivity index (χ1n) is 6.49. The van der Waals surface area contributed by atoms with Crippen LogP contribution in [0.25, 0.3) is 0 Å². The Morgan fingerprint density at radius 2 is 2.05 bits per heavy atom. The number of amides is 2. The summed E-state index contributed by atoms with van der Waals surface area (Å²) in [4.78, 5) is 25.2. The van der Waals surface area contributed by atoms with E-state index in [1.165, 1.54) is 12.0 Å². The van der Waals surface area contributed by atoms with Crippen LogP contribution in [0.3, 0.4) is 0 Å². The number of methoxy groups -OCH3 is 1. The van der Waals surface area contributed by atoms with Crippen LogP contribution in [0, 0.1) is 0 Å². The minimum atomic E-state index is -0.621. The molecule has 1 aromatic rings. The molecule has 0 fully saturated rings. The number of carbonyl (C=O) groups is 2. The monoisotopic (exact) mass is 280 g/mol. The maximum Gasteiger partial charge on any atom is 0.262 e. The predicted molar refractivity (Wildman–Crippen MR) is 73.7 cm³/mol. The summed E-state index contributed by atoms with van der Waals surface area (Å²) >= 11 is 0. The summed E-state index contributed by atoms with van der Waals surface area (Å²) in [6.45, 7) is 2.26. The third-order valence-electron chi connectivity index (χ3n) is 2.87. The number of hydrogen-bond acceptors (Lipinski definition) is 4. The van der Waals surface area contributed by atoms with Gasteiger partial charge < -0.3 is 9.64 Å². The highest BCUT2D eigenvalue weighted by atomic mass is 16.5. The first-order valence-corrected chi connectivity index (χ1v) is 6.49. The number of unbranched alkanes of at least 4 members (excludes halogenated alkanes) is 1. The summed E-state index contributed by atoms with van der Waals surface area (Å²) in [5.41, 5.74) is 1.94. The molecule has 0 radical (unpaired) electrons. The Morgan fingerprint density at radius 3 is 2.65 bits per heavy atom. The number of nitrogens with one attached hydrogen (secondary N) is 1. The topological polar surface area (TPSA) is 78.9 Å². The van der Waals surface area contributed by atoms with Crippen molar-refractivity contribution >= 4 is 11.8 Å². The minimum absolute atomic E-state index is 0.187. The van der Waals surface area contributed by atoms with E-state index < -0.39 is 5.91 Å². The first kappa shape index (κ1) is 16.0. The molecule has 0 aliphatic rings. The number of hydroxylamine groups is 1. The molecule has 2 amide bonds. The van der Waals surface area contributed by atoms with Gasteiger partial charge in [0, 0.05) is 6.54 Å².